The van der Waals surface area contributed by atoms with Crippen LogP contribution in [-0.2, 0) is 13.0 Å². The van der Waals surface area contributed by atoms with E-state index in [1.54, 1.807) is 12.1 Å². The molecule has 4 fully saturated rings. The lowest BCUT2D eigenvalue weighted by molar-refractivity contribution is -0.00531. The topological polar surface area (TPSA) is 29.9 Å². The first-order valence-electron chi connectivity index (χ1n) is 8.63. The monoisotopic (exact) mass is 271 g/mol. The maximum atomic E-state index is 4.77. The van der Waals surface area contributed by atoms with Gasteiger partial charge in [0.15, 0.2) is 0 Å². The van der Waals surface area contributed by atoms with Crippen LogP contribution < -0.4 is 5.32 Å². The molecule has 0 unspecified atom stereocenters. The Morgan fingerprint density at radius 1 is 1.00 bits per heavy atom. The molecule has 4 aliphatic carbocycles. The van der Waals surface area contributed by atoms with Gasteiger partial charge in [0.25, 0.3) is 0 Å². The van der Waals surface area contributed by atoms with Crippen LogP contribution in [0, 0.1) is 23.7 Å². The molecule has 0 amide bonds. The van der Waals surface area contributed by atoms with Crippen LogP contribution in [0.5, 0.6) is 0 Å². The Hall–Kier alpha value is -0.830. The highest BCUT2D eigenvalue weighted by molar-refractivity contribution is 5.19. The van der Waals surface area contributed by atoms with Crippen LogP contribution >= 0.6 is 0 Å². The summed E-state index contributed by atoms with van der Waals surface area (Å²) < 4.78 is 2.58. The highest BCUT2D eigenvalue weighted by Gasteiger charge is 2.49. The summed E-state index contributed by atoms with van der Waals surface area (Å²) in [4.78, 5) is 4.77. The van der Waals surface area contributed by atoms with Gasteiger partial charge in [0.1, 0.15) is 5.82 Å². The van der Waals surface area contributed by atoms with Crippen molar-refractivity contribution < 1.29 is 0 Å². The maximum absolute atomic E-state index is 4.77. The summed E-state index contributed by atoms with van der Waals surface area (Å²) in [5.74, 6) is 6.26. The van der Waals surface area contributed by atoms with Crippen molar-refractivity contribution in [3.05, 3.63) is 17.7 Å². The van der Waals surface area contributed by atoms with E-state index < -0.39 is 0 Å². The molecule has 108 valence electrons. The lowest BCUT2D eigenvalue weighted by Crippen LogP contribution is -2.44. The minimum atomic E-state index is 0.835. The molecule has 1 aliphatic heterocycles. The molecule has 0 spiro atoms. The van der Waals surface area contributed by atoms with E-state index in [-0.39, 0.29) is 0 Å². The quantitative estimate of drug-likeness (QED) is 0.851. The Balaban J connectivity index is 1.52. The molecular formula is C17H25N3. The molecule has 1 aromatic heterocycles. The fourth-order valence-electron chi connectivity index (χ4n) is 6.08. The van der Waals surface area contributed by atoms with Gasteiger partial charge in [-0.15, -0.1) is 0 Å². The number of nitrogens with zero attached hydrogens (tertiary/aromatic N) is 2. The zero-order valence-corrected chi connectivity index (χ0v) is 12.2. The van der Waals surface area contributed by atoms with Crippen LogP contribution in [0.25, 0.3) is 0 Å². The predicted octanol–water partition coefficient (Wildman–Crippen LogP) is 2.57. The lowest BCUT2D eigenvalue weighted by Gasteiger charge is -2.54. The van der Waals surface area contributed by atoms with Gasteiger partial charge in [0.2, 0.25) is 0 Å². The van der Waals surface area contributed by atoms with Crippen molar-refractivity contribution >= 4 is 0 Å². The van der Waals surface area contributed by atoms with E-state index >= 15 is 0 Å². The minimum Gasteiger partial charge on any atom is -0.330 e. The van der Waals surface area contributed by atoms with Gasteiger partial charge in [-0.05, 0) is 55.8 Å². The average Bonchev–Trinajstić information content (AvgIpc) is 2.67. The molecule has 0 aromatic carbocycles. The first-order chi connectivity index (χ1) is 9.88. The van der Waals surface area contributed by atoms with Crippen LogP contribution in [0.4, 0.5) is 0 Å². The Kier molecular flexibility index (Phi) is 2.55. The summed E-state index contributed by atoms with van der Waals surface area (Å²) in [7, 11) is 0. The summed E-state index contributed by atoms with van der Waals surface area (Å²) in [6, 6.07) is 0. The average molecular weight is 271 g/mol. The van der Waals surface area contributed by atoms with E-state index in [2.05, 4.69) is 16.1 Å². The zero-order chi connectivity index (χ0) is 13.1. The molecule has 0 atom stereocenters. The van der Waals surface area contributed by atoms with Gasteiger partial charge in [0.05, 0.1) is 0 Å². The Bertz CT molecular complexity index is 490. The number of nitrogens with one attached hydrogen (secondary N) is 1. The van der Waals surface area contributed by atoms with Crippen molar-refractivity contribution in [1.82, 2.24) is 14.9 Å². The van der Waals surface area contributed by atoms with Gasteiger partial charge in [0, 0.05) is 43.9 Å². The van der Waals surface area contributed by atoms with Gasteiger partial charge < -0.3 is 9.88 Å². The number of hydrogen-bond donors (Lipinski definition) is 1. The summed E-state index contributed by atoms with van der Waals surface area (Å²) in [6.07, 6.45) is 10.9. The Morgan fingerprint density at radius 3 is 2.50 bits per heavy atom. The fraction of sp³-hybridized carbons (Fsp3) is 0.824. The molecule has 4 saturated carbocycles. The fourth-order valence-corrected chi connectivity index (χ4v) is 6.08. The number of hydrogen-bond acceptors (Lipinski definition) is 2. The van der Waals surface area contributed by atoms with Crippen molar-refractivity contribution in [2.75, 3.05) is 13.1 Å². The van der Waals surface area contributed by atoms with Crippen LogP contribution in [-0.4, -0.2) is 22.6 Å². The second-order valence-corrected chi connectivity index (χ2v) is 7.71. The van der Waals surface area contributed by atoms with E-state index in [0.717, 1.165) is 55.6 Å². The second-order valence-electron chi connectivity index (χ2n) is 7.71. The Labute approximate surface area is 121 Å². The van der Waals surface area contributed by atoms with E-state index in [4.69, 9.17) is 4.98 Å². The molecular weight excluding hydrogens is 246 g/mol. The number of rotatable bonds is 1. The standard InChI is InChI=1S/C17H25N3/c1-2-18-3-4-20-15(10-19-16(1)20)17-13-6-11-5-12(8-13)9-14(17)7-11/h10-14,17-18H,1-9H2. The number of fused-ring (bicyclic) bond motifs is 1. The SMILES string of the molecule is c1nc2n(c1C1C3CC4CC(C3)CC1C4)CCNCC2. The van der Waals surface area contributed by atoms with Crippen molar-refractivity contribution in [3.63, 3.8) is 0 Å². The smallest absolute Gasteiger partial charge is 0.110 e. The molecule has 2 heterocycles. The van der Waals surface area contributed by atoms with Gasteiger partial charge in [-0.1, -0.05) is 0 Å². The van der Waals surface area contributed by atoms with Gasteiger partial charge in [-0.3, -0.25) is 0 Å². The maximum Gasteiger partial charge on any atom is 0.110 e. The third-order valence-electron chi connectivity index (χ3n) is 6.57. The molecule has 3 heteroatoms. The zero-order valence-electron chi connectivity index (χ0n) is 12.2. The largest absolute Gasteiger partial charge is 0.330 e. The van der Waals surface area contributed by atoms with Gasteiger partial charge >= 0.3 is 0 Å². The molecule has 20 heavy (non-hydrogen) atoms. The first-order valence-corrected chi connectivity index (χ1v) is 8.63. The molecule has 0 radical (unpaired) electrons. The Morgan fingerprint density at radius 2 is 1.75 bits per heavy atom. The number of aromatic nitrogens is 2. The lowest BCUT2D eigenvalue weighted by atomic mass is 9.51. The third kappa shape index (κ3) is 1.65. The number of imidazole rings is 1. The highest BCUT2D eigenvalue weighted by atomic mass is 15.1. The predicted molar refractivity (Wildman–Crippen MR) is 78.6 cm³/mol. The first kappa shape index (κ1) is 11.8. The van der Waals surface area contributed by atoms with Crippen LogP contribution in [0.1, 0.15) is 49.5 Å². The van der Waals surface area contributed by atoms with E-state index in [9.17, 15) is 0 Å². The molecule has 6 rings (SSSR count). The summed E-state index contributed by atoms with van der Waals surface area (Å²) >= 11 is 0. The van der Waals surface area contributed by atoms with E-state index in [1.807, 2.05) is 0 Å². The van der Waals surface area contributed by atoms with Gasteiger partial charge in [-0.2, -0.15) is 0 Å². The third-order valence-corrected chi connectivity index (χ3v) is 6.57. The van der Waals surface area contributed by atoms with Crippen molar-refractivity contribution in [3.8, 4) is 0 Å². The highest BCUT2D eigenvalue weighted by Crippen LogP contribution is 2.59. The second kappa shape index (κ2) is 4.33. The summed E-state index contributed by atoms with van der Waals surface area (Å²) in [5.41, 5.74) is 1.59. The summed E-state index contributed by atoms with van der Waals surface area (Å²) in [6.45, 7) is 3.34. The van der Waals surface area contributed by atoms with Crippen molar-refractivity contribution in [2.24, 2.45) is 23.7 Å². The van der Waals surface area contributed by atoms with Crippen molar-refractivity contribution in [1.29, 1.82) is 0 Å². The minimum absolute atomic E-state index is 0.835. The molecule has 1 N–H and O–H groups in total. The van der Waals surface area contributed by atoms with Gasteiger partial charge in [-0.25, -0.2) is 4.98 Å². The van der Waals surface area contributed by atoms with E-state index in [1.165, 1.54) is 31.5 Å². The molecule has 0 saturated heterocycles. The molecule has 3 nitrogen and oxygen atoms in total. The molecule has 1 aromatic rings. The van der Waals surface area contributed by atoms with Crippen LogP contribution in [0.2, 0.25) is 0 Å². The summed E-state index contributed by atoms with van der Waals surface area (Å²) in [5, 5.41) is 3.51. The van der Waals surface area contributed by atoms with Crippen LogP contribution in [0.3, 0.4) is 0 Å². The van der Waals surface area contributed by atoms with Crippen molar-refractivity contribution in [2.45, 2.75) is 51.0 Å². The normalized spacial score (nSPS) is 42.5. The molecule has 5 aliphatic rings. The van der Waals surface area contributed by atoms with Crippen LogP contribution in [0.15, 0.2) is 6.20 Å². The van der Waals surface area contributed by atoms with E-state index in [0.29, 0.717) is 0 Å². The molecule has 4 bridgehead atoms.